The molecule has 1 N–H and O–H groups in total. The largest absolute Gasteiger partial charge is 0.462 e. The topological polar surface area (TPSA) is 84.4 Å². The molecular formula is C19H22N4O3. The van der Waals surface area contributed by atoms with Crippen molar-refractivity contribution in [1.29, 1.82) is 0 Å². The summed E-state index contributed by atoms with van der Waals surface area (Å²) in [5.41, 5.74) is 1.14. The smallest absolute Gasteiger partial charge is 0.338 e. The van der Waals surface area contributed by atoms with Crippen molar-refractivity contribution in [2.75, 3.05) is 29.9 Å². The summed E-state index contributed by atoms with van der Waals surface area (Å²) >= 11 is 0. The minimum absolute atomic E-state index is 0.0255. The number of anilines is 2. The van der Waals surface area contributed by atoms with Crippen LogP contribution in [0, 0.1) is 5.92 Å². The number of nitrogens with zero attached hydrogens (tertiary/aromatic N) is 3. The number of rotatable bonds is 5. The zero-order valence-corrected chi connectivity index (χ0v) is 14.7. The Kier molecular flexibility index (Phi) is 5.78. The Hall–Kier alpha value is -2.96. The molecule has 1 atom stereocenters. The Morgan fingerprint density at radius 2 is 2.08 bits per heavy atom. The number of carbonyl (C=O) groups is 2. The fourth-order valence-corrected chi connectivity index (χ4v) is 3.00. The maximum atomic E-state index is 12.6. The van der Waals surface area contributed by atoms with E-state index in [1.54, 1.807) is 49.8 Å². The van der Waals surface area contributed by atoms with Gasteiger partial charge < -0.3 is 15.0 Å². The fourth-order valence-electron chi connectivity index (χ4n) is 3.00. The lowest BCUT2D eigenvalue weighted by Gasteiger charge is -2.32. The maximum Gasteiger partial charge on any atom is 0.338 e. The number of benzene rings is 1. The number of aromatic nitrogens is 2. The highest BCUT2D eigenvalue weighted by Gasteiger charge is 2.26. The number of nitrogens with one attached hydrogen (secondary N) is 1. The number of amides is 1. The van der Waals surface area contributed by atoms with Gasteiger partial charge in [0.1, 0.15) is 5.82 Å². The van der Waals surface area contributed by atoms with Gasteiger partial charge in [-0.3, -0.25) is 9.78 Å². The van der Waals surface area contributed by atoms with Gasteiger partial charge in [0, 0.05) is 31.2 Å². The van der Waals surface area contributed by atoms with Crippen LogP contribution >= 0.6 is 0 Å². The van der Waals surface area contributed by atoms with Crippen LogP contribution in [-0.2, 0) is 9.53 Å². The van der Waals surface area contributed by atoms with Crippen molar-refractivity contribution in [3.05, 3.63) is 48.4 Å². The third-order valence-corrected chi connectivity index (χ3v) is 4.33. The van der Waals surface area contributed by atoms with Crippen molar-refractivity contribution >= 4 is 23.4 Å². The van der Waals surface area contributed by atoms with E-state index in [9.17, 15) is 9.59 Å². The molecule has 0 radical (unpaired) electrons. The zero-order valence-electron chi connectivity index (χ0n) is 14.7. The van der Waals surface area contributed by atoms with Crippen LogP contribution in [0.25, 0.3) is 0 Å². The third-order valence-electron chi connectivity index (χ3n) is 4.33. The number of piperidine rings is 1. The molecule has 1 aromatic carbocycles. The molecule has 0 bridgehead atoms. The average molecular weight is 354 g/mol. The summed E-state index contributed by atoms with van der Waals surface area (Å²) in [4.78, 5) is 34.8. The predicted molar refractivity (Wildman–Crippen MR) is 98.0 cm³/mol. The van der Waals surface area contributed by atoms with Gasteiger partial charge in [-0.2, -0.15) is 0 Å². The lowest BCUT2D eigenvalue weighted by atomic mass is 9.97. The van der Waals surface area contributed by atoms with Gasteiger partial charge in [-0.15, -0.1) is 0 Å². The van der Waals surface area contributed by atoms with E-state index >= 15 is 0 Å². The molecular weight excluding hydrogens is 332 g/mol. The monoisotopic (exact) mass is 354 g/mol. The minimum atomic E-state index is -0.364. The van der Waals surface area contributed by atoms with E-state index in [2.05, 4.69) is 20.2 Å². The van der Waals surface area contributed by atoms with Gasteiger partial charge in [-0.05, 0) is 44.0 Å². The van der Waals surface area contributed by atoms with Crippen molar-refractivity contribution in [2.24, 2.45) is 5.92 Å². The molecule has 136 valence electrons. The second-order valence-electron chi connectivity index (χ2n) is 6.14. The zero-order chi connectivity index (χ0) is 18.4. The Labute approximate surface area is 152 Å². The molecule has 1 aromatic heterocycles. The van der Waals surface area contributed by atoms with Crippen molar-refractivity contribution in [3.8, 4) is 0 Å². The van der Waals surface area contributed by atoms with Gasteiger partial charge in [0.05, 0.1) is 24.3 Å². The summed E-state index contributed by atoms with van der Waals surface area (Å²) < 4.78 is 4.96. The summed E-state index contributed by atoms with van der Waals surface area (Å²) in [5.74, 6) is 0.291. The molecule has 3 rings (SSSR count). The molecule has 1 saturated heterocycles. The number of hydrogen-bond donors (Lipinski definition) is 1. The van der Waals surface area contributed by atoms with Crippen molar-refractivity contribution in [2.45, 2.75) is 19.8 Å². The summed E-state index contributed by atoms with van der Waals surface area (Å²) in [6.07, 6.45) is 6.77. The Balaban J connectivity index is 1.60. The minimum Gasteiger partial charge on any atom is -0.462 e. The first-order valence-corrected chi connectivity index (χ1v) is 8.76. The van der Waals surface area contributed by atoms with Gasteiger partial charge in [0.15, 0.2) is 0 Å². The van der Waals surface area contributed by atoms with E-state index in [0.29, 0.717) is 24.4 Å². The molecule has 0 aliphatic carbocycles. The second-order valence-corrected chi connectivity index (χ2v) is 6.14. The Morgan fingerprint density at radius 1 is 1.27 bits per heavy atom. The first-order valence-electron chi connectivity index (χ1n) is 8.76. The predicted octanol–water partition coefficient (Wildman–Crippen LogP) is 2.51. The van der Waals surface area contributed by atoms with E-state index in [4.69, 9.17) is 4.74 Å². The molecule has 0 spiro atoms. The molecule has 1 aliphatic rings. The van der Waals surface area contributed by atoms with Crippen molar-refractivity contribution in [3.63, 3.8) is 0 Å². The average Bonchev–Trinajstić information content (AvgIpc) is 2.69. The number of ether oxygens (including phenoxy) is 1. The second kappa shape index (κ2) is 8.42. The Morgan fingerprint density at radius 3 is 2.77 bits per heavy atom. The van der Waals surface area contributed by atoms with Crippen LogP contribution in [0.5, 0.6) is 0 Å². The number of carbonyl (C=O) groups excluding carboxylic acids is 2. The first-order chi connectivity index (χ1) is 12.7. The van der Waals surface area contributed by atoms with Gasteiger partial charge in [-0.25, -0.2) is 9.78 Å². The van der Waals surface area contributed by atoms with Gasteiger partial charge >= 0.3 is 5.97 Å². The van der Waals surface area contributed by atoms with Crippen LogP contribution < -0.4 is 10.2 Å². The highest BCUT2D eigenvalue weighted by atomic mass is 16.5. The quantitative estimate of drug-likeness (QED) is 0.831. The normalized spacial score (nSPS) is 16.8. The molecule has 26 heavy (non-hydrogen) atoms. The summed E-state index contributed by atoms with van der Waals surface area (Å²) in [5, 5.41) is 2.93. The highest BCUT2D eigenvalue weighted by molar-refractivity contribution is 5.94. The van der Waals surface area contributed by atoms with Crippen LogP contribution in [0.15, 0.2) is 42.9 Å². The fraction of sp³-hybridized carbons (Fsp3) is 0.368. The summed E-state index contributed by atoms with van der Waals surface area (Å²) in [7, 11) is 0. The SMILES string of the molecule is CCOC(=O)c1ccc(NC(=O)[C@H]2CCCN(c3cnccn3)C2)cc1. The molecule has 1 aliphatic heterocycles. The first kappa shape index (κ1) is 17.8. The van der Waals surface area contributed by atoms with E-state index in [1.165, 1.54) is 0 Å². The van der Waals surface area contributed by atoms with Crippen molar-refractivity contribution in [1.82, 2.24) is 9.97 Å². The molecule has 0 unspecified atom stereocenters. The number of esters is 1. The van der Waals surface area contributed by atoms with Gasteiger partial charge in [0.25, 0.3) is 0 Å². The van der Waals surface area contributed by atoms with Crippen molar-refractivity contribution < 1.29 is 14.3 Å². The third kappa shape index (κ3) is 4.36. The van der Waals surface area contributed by atoms with Crippen LogP contribution in [0.4, 0.5) is 11.5 Å². The van der Waals surface area contributed by atoms with Gasteiger partial charge in [-0.1, -0.05) is 0 Å². The standard InChI is InChI=1S/C19H22N4O3/c1-2-26-19(25)14-5-7-16(8-6-14)22-18(24)15-4-3-11-23(13-15)17-12-20-9-10-21-17/h5-10,12,15H,2-4,11,13H2,1H3,(H,22,24)/t15-/m0/s1. The van der Waals surface area contributed by atoms with E-state index in [0.717, 1.165) is 25.2 Å². The van der Waals surface area contributed by atoms with Crippen LogP contribution in [0.1, 0.15) is 30.1 Å². The molecule has 2 aromatic rings. The number of hydrogen-bond acceptors (Lipinski definition) is 6. The lowest BCUT2D eigenvalue weighted by Crippen LogP contribution is -2.41. The molecule has 7 heteroatoms. The summed E-state index contributed by atoms with van der Waals surface area (Å²) in [6.45, 7) is 3.59. The van der Waals surface area contributed by atoms with E-state index < -0.39 is 0 Å². The van der Waals surface area contributed by atoms with Crippen LogP contribution in [0.3, 0.4) is 0 Å². The lowest BCUT2D eigenvalue weighted by molar-refractivity contribution is -0.120. The molecule has 1 amide bonds. The Bertz CT molecular complexity index is 749. The van der Waals surface area contributed by atoms with E-state index in [1.807, 2.05) is 0 Å². The highest BCUT2D eigenvalue weighted by Crippen LogP contribution is 2.22. The molecule has 1 fully saturated rings. The van der Waals surface area contributed by atoms with Crippen LogP contribution in [0.2, 0.25) is 0 Å². The van der Waals surface area contributed by atoms with Gasteiger partial charge in [0.2, 0.25) is 5.91 Å². The maximum absolute atomic E-state index is 12.6. The summed E-state index contributed by atoms with van der Waals surface area (Å²) in [6, 6.07) is 6.74. The molecule has 2 heterocycles. The van der Waals surface area contributed by atoms with Crippen LogP contribution in [-0.4, -0.2) is 41.5 Å². The molecule has 7 nitrogen and oxygen atoms in total. The molecule has 0 saturated carbocycles. The van der Waals surface area contributed by atoms with E-state index in [-0.39, 0.29) is 17.8 Å².